The predicted molar refractivity (Wildman–Crippen MR) is 112 cm³/mol. The monoisotopic (exact) mass is 414 g/mol. The third kappa shape index (κ3) is 3.93. The zero-order chi connectivity index (χ0) is 19.8. The fourth-order valence-corrected chi connectivity index (χ4v) is 5.98. The van der Waals surface area contributed by atoms with Crippen LogP contribution in [0, 0.1) is 0 Å². The smallest absolute Gasteiger partial charge is 0.161 e. The Morgan fingerprint density at radius 2 is 1.83 bits per heavy atom. The van der Waals surface area contributed by atoms with Crippen LogP contribution in [0.1, 0.15) is 40.3 Å². The molecule has 5 rings (SSSR count). The van der Waals surface area contributed by atoms with Gasteiger partial charge in [0.2, 0.25) is 0 Å². The minimum Gasteiger partial charge on any atom is -0.493 e. The Bertz CT molecular complexity index is 899. The van der Waals surface area contributed by atoms with Crippen LogP contribution in [0.5, 0.6) is 17.2 Å². The van der Waals surface area contributed by atoms with E-state index in [-0.39, 0.29) is 23.2 Å². The molecule has 3 heterocycles. The van der Waals surface area contributed by atoms with Crippen LogP contribution < -0.4 is 14.2 Å². The number of hydrogen-bond acceptors (Lipinski definition) is 6. The molecular weight excluding hydrogens is 388 g/mol. The molecule has 3 aliphatic rings. The number of fused-ring (bicyclic) bond motifs is 2. The van der Waals surface area contributed by atoms with Crippen LogP contribution in [0.3, 0.4) is 0 Å². The van der Waals surface area contributed by atoms with E-state index in [0.717, 1.165) is 42.1 Å². The number of thioether (sulfide) groups is 1. The van der Waals surface area contributed by atoms with Crippen LogP contribution >= 0.6 is 11.8 Å². The first-order valence-corrected chi connectivity index (χ1v) is 11.3. The molecule has 0 bridgehead atoms. The zero-order valence-corrected chi connectivity index (χ0v) is 17.1. The van der Waals surface area contributed by atoms with Crippen LogP contribution in [0.15, 0.2) is 30.3 Å². The molecule has 0 amide bonds. The average molecular weight is 415 g/mol. The van der Waals surface area contributed by atoms with Crippen molar-refractivity contribution in [3.8, 4) is 17.2 Å². The van der Waals surface area contributed by atoms with Crippen molar-refractivity contribution in [1.29, 1.82) is 0 Å². The van der Waals surface area contributed by atoms with Gasteiger partial charge in [0, 0.05) is 23.3 Å². The Balaban J connectivity index is 1.45. The molecule has 1 saturated heterocycles. The summed E-state index contributed by atoms with van der Waals surface area (Å²) in [5.41, 5.74) is 4.81. The SMILES string of the molecule is OCC1CC(O)CC(c2cc3c(c(Cc4ccc5c(c4)OCCO5)c2)OCC3)S1. The maximum atomic E-state index is 10.3. The third-order valence-corrected chi connectivity index (χ3v) is 7.36. The third-order valence-electron chi connectivity index (χ3n) is 5.84. The molecule has 3 atom stereocenters. The summed E-state index contributed by atoms with van der Waals surface area (Å²) in [5.74, 6) is 2.61. The van der Waals surface area contributed by atoms with Crippen LogP contribution in [-0.4, -0.2) is 48.0 Å². The zero-order valence-electron chi connectivity index (χ0n) is 16.3. The summed E-state index contributed by atoms with van der Waals surface area (Å²) in [4.78, 5) is 0. The quantitative estimate of drug-likeness (QED) is 0.800. The van der Waals surface area contributed by atoms with Crippen molar-refractivity contribution < 1.29 is 24.4 Å². The van der Waals surface area contributed by atoms with Gasteiger partial charge in [0.05, 0.1) is 19.3 Å². The summed E-state index contributed by atoms with van der Waals surface area (Å²) in [6.07, 6.45) is 2.71. The molecule has 5 nitrogen and oxygen atoms in total. The van der Waals surface area contributed by atoms with Gasteiger partial charge in [0.15, 0.2) is 11.5 Å². The van der Waals surface area contributed by atoms with Crippen molar-refractivity contribution in [3.63, 3.8) is 0 Å². The largest absolute Gasteiger partial charge is 0.493 e. The molecule has 0 aliphatic carbocycles. The topological polar surface area (TPSA) is 68.2 Å². The molecule has 6 heteroatoms. The second-order valence-electron chi connectivity index (χ2n) is 7.98. The first-order valence-electron chi connectivity index (χ1n) is 10.3. The van der Waals surface area contributed by atoms with Crippen molar-refractivity contribution >= 4 is 11.8 Å². The van der Waals surface area contributed by atoms with Gasteiger partial charge >= 0.3 is 0 Å². The number of hydrogen-bond donors (Lipinski definition) is 2. The maximum Gasteiger partial charge on any atom is 0.161 e. The molecule has 2 N–H and O–H groups in total. The Morgan fingerprint density at radius 3 is 2.69 bits per heavy atom. The van der Waals surface area contributed by atoms with E-state index in [1.54, 1.807) is 11.8 Å². The Kier molecular flexibility index (Phi) is 5.33. The van der Waals surface area contributed by atoms with Gasteiger partial charge in [0.1, 0.15) is 19.0 Å². The summed E-state index contributed by atoms with van der Waals surface area (Å²) in [5, 5.41) is 20.2. The van der Waals surface area contributed by atoms with Crippen molar-refractivity contribution in [2.24, 2.45) is 0 Å². The number of benzene rings is 2. The highest BCUT2D eigenvalue weighted by atomic mass is 32.2. The fraction of sp³-hybridized carbons (Fsp3) is 0.478. The molecule has 0 spiro atoms. The summed E-state index contributed by atoms with van der Waals surface area (Å²) >= 11 is 1.78. The van der Waals surface area contributed by atoms with Gasteiger partial charge in [-0.1, -0.05) is 18.2 Å². The van der Waals surface area contributed by atoms with Crippen molar-refractivity contribution in [2.45, 2.75) is 42.3 Å². The van der Waals surface area contributed by atoms with Crippen LogP contribution in [0.25, 0.3) is 0 Å². The normalized spacial score (nSPS) is 25.4. The van der Waals surface area contributed by atoms with E-state index in [2.05, 4.69) is 24.3 Å². The molecule has 29 heavy (non-hydrogen) atoms. The molecule has 0 radical (unpaired) electrons. The van der Waals surface area contributed by atoms with Gasteiger partial charge in [-0.25, -0.2) is 0 Å². The van der Waals surface area contributed by atoms with E-state index in [1.165, 1.54) is 16.7 Å². The molecular formula is C23H26O5S. The second kappa shape index (κ2) is 8.09. The van der Waals surface area contributed by atoms with Crippen molar-refractivity contribution in [1.82, 2.24) is 0 Å². The van der Waals surface area contributed by atoms with Gasteiger partial charge in [-0.3, -0.25) is 0 Å². The van der Waals surface area contributed by atoms with E-state index >= 15 is 0 Å². The van der Waals surface area contributed by atoms with Crippen molar-refractivity contribution in [2.75, 3.05) is 26.4 Å². The molecule has 1 fully saturated rings. The number of rotatable bonds is 4. The lowest BCUT2D eigenvalue weighted by molar-refractivity contribution is 0.137. The van der Waals surface area contributed by atoms with E-state index in [9.17, 15) is 10.2 Å². The lowest BCUT2D eigenvalue weighted by Gasteiger charge is -2.32. The van der Waals surface area contributed by atoms with Crippen LogP contribution in [0.4, 0.5) is 0 Å². The van der Waals surface area contributed by atoms with Crippen LogP contribution in [-0.2, 0) is 12.8 Å². The molecule has 3 aliphatic heterocycles. The summed E-state index contributed by atoms with van der Waals surface area (Å²) in [6, 6.07) is 10.6. The Labute approximate surface area is 175 Å². The molecule has 0 saturated carbocycles. The predicted octanol–water partition coefficient (Wildman–Crippen LogP) is 3.27. The minimum absolute atomic E-state index is 0.0921. The first kappa shape index (κ1) is 19.1. The fourth-order valence-electron chi connectivity index (χ4n) is 4.47. The van der Waals surface area contributed by atoms with Gasteiger partial charge in [-0.05, 0) is 47.2 Å². The van der Waals surface area contributed by atoms with Gasteiger partial charge in [-0.15, -0.1) is 11.8 Å². The molecule has 0 aromatic heterocycles. The van der Waals surface area contributed by atoms with E-state index < -0.39 is 0 Å². The number of aliphatic hydroxyl groups is 2. The Morgan fingerprint density at radius 1 is 0.966 bits per heavy atom. The average Bonchev–Trinajstić information content (AvgIpc) is 3.22. The molecule has 2 aromatic rings. The highest BCUT2D eigenvalue weighted by molar-refractivity contribution is 8.00. The number of aliphatic hydroxyl groups excluding tert-OH is 2. The Hall–Kier alpha value is -1.89. The summed E-state index contributed by atoms with van der Waals surface area (Å²) in [7, 11) is 0. The maximum absolute atomic E-state index is 10.3. The highest BCUT2D eigenvalue weighted by Crippen LogP contribution is 2.45. The second-order valence-corrected chi connectivity index (χ2v) is 9.48. The highest BCUT2D eigenvalue weighted by Gasteiger charge is 2.30. The van der Waals surface area contributed by atoms with Gasteiger partial charge < -0.3 is 24.4 Å². The van der Waals surface area contributed by atoms with E-state index in [4.69, 9.17) is 14.2 Å². The first-order chi connectivity index (χ1) is 14.2. The summed E-state index contributed by atoms with van der Waals surface area (Å²) < 4.78 is 17.3. The minimum atomic E-state index is -0.357. The van der Waals surface area contributed by atoms with Gasteiger partial charge in [-0.2, -0.15) is 0 Å². The van der Waals surface area contributed by atoms with Crippen LogP contribution in [0.2, 0.25) is 0 Å². The summed E-state index contributed by atoms with van der Waals surface area (Å²) in [6.45, 7) is 2.00. The van der Waals surface area contributed by atoms with Crippen molar-refractivity contribution in [3.05, 3.63) is 52.6 Å². The van der Waals surface area contributed by atoms with E-state index in [1.807, 2.05) is 6.07 Å². The molecule has 3 unspecified atom stereocenters. The molecule has 2 aromatic carbocycles. The lowest BCUT2D eigenvalue weighted by Crippen LogP contribution is -2.26. The molecule has 154 valence electrons. The lowest BCUT2D eigenvalue weighted by atomic mass is 9.94. The standard InChI is InChI=1S/C23H26O5S/c24-13-19-11-18(25)12-22(29-19)16-9-15-3-4-28-23(15)17(10-16)7-14-1-2-20-21(8-14)27-6-5-26-20/h1-2,8-10,18-19,22,24-25H,3-7,11-13H2. The van der Waals surface area contributed by atoms with E-state index in [0.29, 0.717) is 26.2 Å². The number of ether oxygens (including phenoxy) is 3. The van der Waals surface area contributed by atoms with Gasteiger partial charge in [0.25, 0.3) is 0 Å².